The van der Waals surface area contributed by atoms with Gasteiger partial charge in [0.15, 0.2) is 0 Å². The molecule has 1 N–H and O–H groups in total. The van der Waals surface area contributed by atoms with Gasteiger partial charge in [0, 0.05) is 24.3 Å². The lowest BCUT2D eigenvalue weighted by Crippen LogP contribution is -2.30. The first-order valence-electron chi connectivity index (χ1n) is 6.34. The number of halogens is 1. The molecule has 0 bridgehead atoms. The first-order chi connectivity index (χ1) is 9.97. The second-order valence-electron chi connectivity index (χ2n) is 4.70. The fourth-order valence-electron chi connectivity index (χ4n) is 1.96. The van der Waals surface area contributed by atoms with Gasteiger partial charge in [-0.2, -0.15) is 0 Å². The van der Waals surface area contributed by atoms with Crippen LogP contribution in [0.1, 0.15) is 16.1 Å². The number of aromatic nitrogens is 1. The standard InChI is InChI=1S/C15H15BrN2O3/c1-17(9-11-4-6-12(16)7-5-11)14(19)10-18-8-2-3-13(18)15(20)21/h2-8H,9-10H2,1H3,(H,20,21). The van der Waals surface area contributed by atoms with Crippen LogP contribution >= 0.6 is 15.9 Å². The summed E-state index contributed by atoms with van der Waals surface area (Å²) in [4.78, 5) is 24.7. The van der Waals surface area contributed by atoms with E-state index in [2.05, 4.69) is 15.9 Å². The fourth-order valence-corrected chi connectivity index (χ4v) is 2.23. The third-order valence-electron chi connectivity index (χ3n) is 3.11. The molecule has 1 aromatic heterocycles. The SMILES string of the molecule is CN(Cc1ccc(Br)cc1)C(=O)Cn1cccc1C(=O)O. The molecule has 110 valence electrons. The molecule has 0 saturated carbocycles. The summed E-state index contributed by atoms with van der Waals surface area (Å²) in [6.07, 6.45) is 1.59. The molecule has 0 aliphatic heterocycles. The Morgan fingerprint density at radius 3 is 2.52 bits per heavy atom. The normalized spacial score (nSPS) is 10.4. The summed E-state index contributed by atoms with van der Waals surface area (Å²) in [6, 6.07) is 10.8. The van der Waals surface area contributed by atoms with E-state index in [1.165, 1.54) is 10.6 Å². The van der Waals surface area contributed by atoms with E-state index in [1.807, 2.05) is 24.3 Å². The van der Waals surface area contributed by atoms with Crippen molar-refractivity contribution in [2.75, 3.05) is 7.05 Å². The van der Waals surface area contributed by atoms with Gasteiger partial charge in [-0.25, -0.2) is 4.79 Å². The molecule has 0 aliphatic carbocycles. The number of benzene rings is 1. The van der Waals surface area contributed by atoms with Gasteiger partial charge in [0.1, 0.15) is 12.2 Å². The van der Waals surface area contributed by atoms with Crippen LogP contribution in [0.3, 0.4) is 0 Å². The lowest BCUT2D eigenvalue weighted by atomic mass is 10.2. The molecule has 0 atom stereocenters. The zero-order chi connectivity index (χ0) is 15.4. The van der Waals surface area contributed by atoms with Crippen LogP contribution in [-0.2, 0) is 17.9 Å². The van der Waals surface area contributed by atoms with E-state index in [9.17, 15) is 9.59 Å². The molecule has 1 aromatic carbocycles. The number of hydrogen-bond donors (Lipinski definition) is 1. The van der Waals surface area contributed by atoms with Crippen molar-refractivity contribution in [3.05, 3.63) is 58.3 Å². The van der Waals surface area contributed by atoms with Crippen molar-refractivity contribution >= 4 is 27.8 Å². The number of likely N-dealkylation sites (N-methyl/N-ethyl adjacent to an activating group) is 1. The zero-order valence-electron chi connectivity index (χ0n) is 11.5. The summed E-state index contributed by atoms with van der Waals surface area (Å²) in [5, 5.41) is 9.02. The number of carboxylic acids is 1. The number of aromatic carboxylic acids is 1. The van der Waals surface area contributed by atoms with Gasteiger partial charge in [0.25, 0.3) is 0 Å². The lowest BCUT2D eigenvalue weighted by molar-refractivity contribution is -0.131. The molecule has 2 aromatic rings. The van der Waals surface area contributed by atoms with Crippen LogP contribution in [0.15, 0.2) is 47.1 Å². The Kier molecular flexibility index (Phi) is 4.80. The first-order valence-corrected chi connectivity index (χ1v) is 7.13. The van der Waals surface area contributed by atoms with Gasteiger partial charge in [-0.15, -0.1) is 0 Å². The maximum absolute atomic E-state index is 12.2. The van der Waals surface area contributed by atoms with Crippen LogP contribution in [0.4, 0.5) is 0 Å². The van der Waals surface area contributed by atoms with Crippen molar-refractivity contribution in [3.63, 3.8) is 0 Å². The maximum atomic E-state index is 12.2. The van der Waals surface area contributed by atoms with Crippen LogP contribution in [0, 0.1) is 0 Å². The molecule has 21 heavy (non-hydrogen) atoms. The molecule has 5 nitrogen and oxygen atoms in total. The molecule has 0 saturated heterocycles. The summed E-state index contributed by atoms with van der Waals surface area (Å²) in [5.74, 6) is -1.18. The molecule has 0 aliphatic rings. The second kappa shape index (κ2) is 6.58. The molecule has 0 unspecified atom stereocenters. The Balaban J connectivity index is 2.01. The van der Waals surface area contributed by atoms with E-state index in [-0.39, 0.29) is 18.1 Å². The zero-order valence-corrected chi connectivity index (χ0v) is 13.1. The molecule has 0 spiro atoms. The van der Waals surface area contributed by atoms with E-state index in [1.54, 1.807) is 24.2 Å². The highest BCUT2D eigenvalue weighted by molar-refractivity contribution is 9.10. The highest BCUT2D eigenvalue weighted by Gasteiger charge is 2.14. The third kappa shape index (κ3) is 3.95. The largest absolute Gasteiger partial charge is 0.477 e. The monoisotopic (exact) mass is 350 g/mol. The van der Waals surface area contributed by atoms with E-state index in [0.717, 1.165) is 10.0 Å². The Bertz CT molecular complexity index is 649. The minimum Gasteiger partial charge on any atom is -0.477 e. The van der Waals surface area contributed by atoms with Crippen LogP contribution < -0.4 is 0 Å². The van der Waals surface area contributed by atoms with Gasteiger partial charge in [-0.05, 0) is 29.8 Å². The summed E-state index contributed by atoms with van der Waals surface area (Å²) in [6.45, 7) is 0.497. The minimum atomic E-state index is -1.04. The topological polar surface area (TPSA) is 62.5 Å². The fraction of sp³-hybridized carbons (Fsp3) is 0.200. The predicted octanol–water partition coefficient (Wildman–Crippen LogP) is 2.61. The van der Waals surface area contributed by atoms with Crippen molar-refractivity contribution in [1.82, 2.24) is 9.47 Å². The third-order valence-corrected chi connectivity index (χ3v) is 3.64. The van der Waals surface area contributed by atoms with Crippen molar-refractivity contribution in [1.29, 1.82) is 0 Å². The molecule has 1 amide bonds. The first kappa shape index (κ1) is 15.3. The number of carbonyl (C=O) groups excluding carboxylic acids is 1. The van der Waals surface area contributed by atoms with Gasteiger partial charge < -0.3 is 14.6 Å². The average molecular weight is 351 g/mol. The second-order valence-corrected chi connectivity index (χ2v) is 5.62. The van der Waals surface area contributed by atoms with E-state index in [4.69, 9.17) is 5.11 Å². The quantitative estimate of drug-likeness (QED) is 0.901. The number of carbonyl (C=O) groups is 2. The maximum Gasteiger partial charge on any atom is 0.352 e. The Labute approximate surface area is 130 Å². The van der Waals surface area contributed by atoms with E-state index < -0.39 is 5.97 Å². The van der Waals surface area contributed by atoms with Gasteiger partial charge in [0.2, 0.25) is 5.91 Å². The molecular weight excluding hydrogens is 336 g/mol. The predicted molar refractivity (Wildman–Crippen MR) is 82.0 cm³/mol. The van der Waals surface area contributed by atoms with E-state index in [0.29, 0.717) is 6.54 Å². The smallest absolute Gasteiger partial charge is 0.352 e. The molecular formula is C15H15BrN2O3. The van der Waals surface area contributed by atoms with Crippen LogP contribution in [0.2, 0.25) is 0 Å². The Hall–Kier alpha value is -2.08. The number of carboxylic acid groups (broad SMARTS) is 1. The van der Waals surface area contributed by atoms with Crippen molar-refractivity contribution in [2.45, 2.75) is 13.1 Å². The summed E-state index contributed by atoms with van der Waals surface area (Å²) >= 11 is 3.36. The van der Waals surface area contributed by atoms with E-state index >= 15 is 0 Å². The Morgan fingerprint density at radius 1 is 1.24 bits per heavy atom. The summed E-state index contributed by atoms with van der Waals surface area (Å²) in [7, 11) is 1.70. The van der Waals surface area contributed by atoms with Crippen molar-refractivity contribution in [2.24, 2.45) is 0 Å². The molecule has 6 heteroatoms. The minimum absolute atomic E-state index is 0.0155. The van der Waals surface area contributed by atoms with Gasteiger partial charge in [-0.1, -0.05) is 28.1 Å². The molecule has 2 rings (SSSR count). The highest BCUT2D eigenvalue weighted by atomic mass is 79.9. The summed E-state index contributed by atoms with van der Waals surface area (Å²) in [5.41, 5.74) is 1.13. The number of rotatable bonds is 5. The van der Waals surface area contributed by atoms with Crippen LogP contribution in [0.25, 0.3) is 0 Å². The Morgan fingerprint density at radius 2 is 1.90 bits per heavy atom. The molecule has 1 heterocycles. The number of hydrogen-bond acceptors (Lipinski definition) is 2. The number of nitrogens with zero attached hydrogens (tertiary/aromatic N) is 2. The highest BCUT2D eigenvalue weighted by Crippen LogP contribution is 2.12. The van der Waals surface area contributed by atoms with Crippen molar-refractivity contribution < 1.29 is 14.7 Å². The number of amides is 1. The van der Waals surface area contributed by atoms with Gasteiger partial charge in [0.05, 0.1) is 0 Å². The van der Waals surface area contributed by atoms with Gasteiger partial charge >= 0.3 is 5.97 Å². The summed E-state index contributed by atoms with van der Waals surface area (Å²) < 4.78 is 2.42. The average Bonchev–Trinajstić information content (AvgIpc) is 2.89. The molecule has 0 radical (unpaired) electrons. The van der Waals surface area contributed by atoms with Crippen molar-refractivity contribution in [3.8, 4) is 0 Å². The van der Waals surface area contributed by atoms with Gasteiger partial charge in [-0.3, -0.25) is 4.79 Å². The van der Waals surface area contributed by atoms with Crippen LogP contribution in [0.5, 0.6) is 0 Å². The van der Waals surface area contributed by atoms with Crippen LogP contribution in [-0.4, -0.2) is 33.5 Å². The lowest BCUT2D eigenvalue weighted by Gasteiger charge is -2.18. The molecule has 0 fully saturated rings.